The minimum Gasteiger partial charge on any atom is -0.480 e. The maximum absolute atomic E-state index is 14.0. The maximum atomic E-state index is 14.0. The second-order valence-corrected chi connectivity index (χ2v) is 8.94. The summed E-state index contributed by atoms with van der Waals surface area (Å²) in [6.45, 7) is 0.842. The average molecular weight is 421 g/mol. The lowest BCUT2D eigenvalue weighted by Crippen LogP contribution is -2.44. The number of hydrogen-bond donors (Lipinski definition) is 1. The van der Waals surface area contributed by atoms with Crippen molar-refractivity contribution in [3.63, 3.8) is 0 Å². The lowest BCUT2D eigenvalue weighted by molar-refractivity contribution is -0.139. The van der Waals surface area contributed by atoms with Crippen molar-refractivity contribution in [2.75, 3.05) is 6.26 Å². The van der Waals surface area contributed by atoms with Gasteiger partial charge in [0.2, 0.25) is 0 Å². The van der Waals surface area contributed by atoms with Crippen LogP contribution in [0.15, 0.2) is 27.7 Å². The summed E-state index contributed by atoms with van der Waals surface area (Å²) in [5.74, 6) is -2.28. The van der Waals surface area contributed by atoms with E-state index in [1.165, 1.54) is 6.07 Å². The summed E-state index contributed by atoms with van der Waals surface area (Å²) in [6, 6.07) is 2.59. The highest BCUT2D eigenvalue weighted by Gasteiger charge is 2.43. The maximum Gasteiger partial charge on any atom is 0.324 e. The smallest absolute Gasteiger partial charge is 0.324 e. The van der Waals surface area contributed by atoms with Crippen LogP contribution in [0, 0.1) is 5.82 Å². The second-order valence-electron chi connectivity index (χ2n) is 5.58. The topological polar surface area (TPSA) is 106 Å². The summed E-state index contributed by atoms with van der Waals surface area (Å²) < 4.78 is 36.9. The van der Waals surface area contributed by atoms with Crippen LogP contribution in [0.2, 0.25) is 0 Å². The van der Waals surface area contributed by atoms with Gasteiger partial charge in [-0.2, -0.15) is 0 Å². The fourth-order valence-corrected chi connectivity index (χ4v) is 3.34. The van der Waals surface area contributed by atoms with Gasteiger partial charge in [0.05, 0.1) is 11.8 Å². The SMILES string of the molecule is CC(CCn1cnc2cc(Br)cc(F)c2c1=O)(C(=O)O)S(C)(=O)=O. The molecule has 0 bridgehead atoms. The minimum absolute atomic E-state index is 0.146. The van der Waals surface area contributed by atoms with E-state index in [2.05, 4.69) is 20.9 Å². The van der Waals surface area contributed by atoms with Gasteiger partial charge in [0.1, 0.15) is 11.2 Å². The van der Waals surface area contributed by atoms with Gasteiger partial charge in [-0.1, -0.05) is 15.9 Å². The normalized spacial score (nSPS) is 14.5. The van der Waals surface area contributed by atoms with Gasteiger partial charge in [-0.25, -0.2) is 17.8 Å². The highest BCUT2D eigenvalue weighted by atomic mass is 79.9. The Balaban J connectivity index is 2.47. The number of carboxylic acids is 1. The van der Waals surface area contributed by atoms with Crippen molar-refractivity contribution >= 4 is 42.6 Å². The van der Waals surface area contributed by atoms with E-state index in [9.17, 15) is 27.5 Å². The van der Waals surface area contributed by atoms with Crippen molar-refractivity contribution in [2.24, 2.45) is 0 Å². The number of fused-ring (bicyclic) bond motifs is 1. The van der Waals surface area contributed by atoms with E-state index in [4.69, 9.17) is 0 Å². The van der Waals surface area contributed by atoms with Crippen LogP contribution in [0.3, 0.4) is 0 Å². The Hall–Kier alpha value is -1.81. The van der Waals surface area contributed by atoms with Crippen molar-refractivity contribution in [1.29, 1.82) is 0 Å². The first-order valence-electron chi connectivity index (χ1n) is 6.74. The van der Waals surface area contributed by atoms with Gasteiger partial charge in [0.15, 0.2) is 14.6 Å². The predicted molar refractivity (Wildman–Crippen MR) is 89.2 cm³/mol. The third-order valence-electron chi connectivity index (χ3n) is 3.95. The Morgan fingerprint density at radius 3 is 2.62 bits per heavy atom. The lowest BCUT2D eigenvalue weighted by Gasteiger charge is -2.22. The standard InChI is InChI=1S/C14H14BrFN2O5S/c1-14(13(20)21,24(2,22)23)3-4-18-7-17-10-6-8(15)5-9(16)11(10)12(18)19/h5-7H,3-4H2,1-2H3,(H,20,21). The first kappa shape index (κ1) is 18.5. The van der Waals surface area contributed by atoms with Gasteiger partial charge in [0.25, 0.3) is 5.56 Å². The Labute approximate surface area is 145 Å². The number of aliphatic carboxylic acids is 1. The van der Waals surface area contributed by atoms with Crippen LogP contribution in [-0.2, 0) is 21.2 Å². The fourth-order valence-electron chi connectivity index (χ4n) is 2.15. The van der Waals surface area contributed by atoms with Crippen LogP contribution < -0.4 is 5.56 Å². The van der Waals surface area contributed by atoms with E-state index in [1.807, 2.05) is 0 Å². The van der Waals surface area contributed by atoms with Crippen LogP contribution in [-0.4, -0.2) is 40.0 Å². The third kappa shape index (κ3) is 3.20. The van der Waals surface area contributed by atoms with Gasteiger partial charge in [-0.15, -0.1) is 0 Å². The van der Waals surface area contributed by atoms with E-state index in [-0.39, 0.29) is 23.9 Å². The number of rotatable bonds is 5. The van der Waals surface area contributed by atoms with Gasteiger partial charge in [0, 0.05) is 17.3 Å². The molecule has 0 aliphatic carbocycles. The molecule has 0 saturated carbocycles. The molecule has 1 unspecified atom stereocenters. The summed E-state index contributed by atoms with van der Waals surface area (Å²) in [5.41, 5.74) is -0.557. The molecule has 0 saturated heterocycles. The van der Waals surface area contributed by atoms with Gasteiger partial charge >= 0.3 is 5.97 Å². The molecule has 1 heterocycles. The second kappa shape index (κ2) is 6.25. The highest BCUT2D eigenvalue weighted by Crippen LogP contribution is 2.23. The lowest BCUT2D eigenvalue weighted by atomic mass is 10.1. The molecule has 1 atom stereocenters. The highest BCUT2D eigenvalue weighted by molar-refractivity contribution is 9.10. The van der Waals surface area contributed by atoms with Crippen LogP contribution in [0.25, 0.3) is 10.9 Å². The molecule has 7 nitrogen and oxygen atoms in total. The first-order chi connectivity index (χ1) is 11.0. The minimum atomic E-state index is -3.92. The Bertz CT molecular complexity index is 989. The zero-order valence-electron chi connectivity index (χ0n) is 12.8. The zero-order valence-corrected chi connectivity index (χ0v) is 15.2. The molecule has 0 spiro atoms. The number of carboxylic acid groups (broad SMARTS) is 1. The van der Waals surface area contributed by atoms with Crippen molar-refractivity contribution in [3.8, 4) is 0 Å². The molecule has 0 aliphatic heterocycles. The van der Waals surface area contributed by atoms with E-state index < -0.39 is 31.9 Å². The van der Waals surface area contributed by atoms with Crippen LogP contribution in [0.4, 0.5) is 4.39 Å². The van der Waals surface area contributed by atoms with Crippen LogP contribution in [0.1, 0.15) is 13.3 Å². The molecule has 10 heteroatoms. The number of sulfone groups is 1. The summed E-state index contributed by atoms with van der Waals surface area (Å²) in [5, 5.41) is 8.98. The number of benzene rings is 1. The molecule has 0 amide bonds. The monoisotopic (exact) mass is 420 g/mol. The molecule has 1 N–H and O–H groups in total. The molecule has 0 aliphatic rings. The van der Waals surface area contributed by atoms with Gasteiger partial charge in [-0.3, -0.25) is 14.2 Å². The molecule has 2 aromatic rings. The largest absolute Gasteiger partial charge is 0.480 e. The molecule has 2 rings (SSSR count). The van der Waals surface area contributed by atoms with E-state index in [0.717, 1.165) is 30.1 Å². The number of carbonyl (C=O) groups is 1. The fraction of sp³-hybridized carbons (Fsp3) is 0.357. The number of aromatic nitrogens is 2. The number of aryl methyl sites for hydroxylation is 1. The molecule has 0 fully saturated rings. The average Bonchev–Trinajstić information content (AvgIpc) is 2.43. The summed E-state index contributed by atoms with van der Waals surface area (Å²) in [6.07, 6.45) is 1.60. The number of hydrogen-bond acceptors (Lipinski definition) is 5. The molecule has 24 heavy (non-hydrogen) atoms. The molecule has 1 aromatic heterocycles. The van der Waals surface area contributed by atoms with E-state index >= 15 is 0 Å². The van der Waals surface area contributed by atoms with Crippen LogP contribution >= 0.6 is 15.9 Å². The summed E-state index contributed by atoms with van der Waals surface area (Å²) >= 11 is 3.10. The molecular weight excluding hydrogens is 407 g/mol. The predicted octanol–water partition coefficient (Wildman–Crippen LogP) is 1.58. The molecule has 130 valence electrons. The Morgan fingerprint density at radius 2 is 2.08 bits per heavy atom. The Kier molecular flexibility index (Phi) is 4.82. The molecule has 1 aromatic carbocycles. The van der Waals surface area contributed by atoms with Crippen LogP contribution in [0.5, 0.6) is 0 Å². The van der Waals surface area contributed by atoms with Crippen molar-refractivity contribution in [2.45, 2.75) is 24.6 Å². The zero-order chi connectivity index (χ0) is 18.3. The summed E-state index contributed by atoms with van der Waals surface area (Å²) in [7, 11) is -3.92. The van der Waals surface area contributed by atoms with Gasteiger partial charge in [-0.05, 0) is 25.5 Å². The van der Waals surface area contributed by atoms with Crippen molar-refractivity contribution < 1.29 is 22.7 Å². The van der Waals surface area contributed by atoms with Crippen molar-refractivity contribution in [3.05, 3.63) is 39.1 Å². The van der Waals surface area contributed by atoms with E-state index in [1.54, 1.807) is 0 Å². The Morgan fingerprint density at radius 1 is 1.46 bits per heavy atom. The molecule has 0 radical (unpaired) electrons. The van der Waals surface area contributed by atoms with Crippen molar-refractivity contribution in [1.82, 2.24) is 9.55 Å². The quantitative estimate of drug-likeness (QED) is 0.786. The summed E-state index contributed by atoms with van der Waals surface area (Å²) in [4.78, 5) is 27.7. The number of halogens is 2. The first-order valence-corrected chi connectivity index (χ1v) is 9.43. The van der Waals surface area contributed by atoms with E-state index in [0.29, 0.717) is 4.47 Å². The molecular formula is C14H14BrFN2O5S. The third-order valence-corrected chi connectivity index (χ3v) is 6.42. The van der Waals surface area contributed by atoms with Gasteiger partial charge < -0.3 is 5.11 Å². The number of nitrogens with zero attached hydrogens (tertiary/aromatic N) is 2.